The van der Waals surface area contributed by atoms with Gasteiger partial charge in [-0.15, -0.1) is 0 Å². The molecule has 31 heavy (non-hydrogen) atoms. The summed E-state index contributed by atoms with van der Waals surface area (Å²) in [6.45, 7) is 3.76. The number of hydrogen-bond acceptors (Lipinski definition) is 5. The van der Waals surface area contributed by atoms with Crippen molar-refractivity contribution in [2.45, 2.75) is 70.0 Å². The molecule has 3 aliphatic rings. The van der Waals surface area contributed by atoms with Crippen LogP contribution in [0.4, 0.5) is 0 Å². The lowest BCUT2D eigenvalue weighted by Crippen LogP contribution is -2.57. The summed E-state index contributed by atoms with van der Waals surface area (Å²) in [5, 5.41) is 22.6. The fourth-order valence-electron chi connectivity index (χ4n) is 5.76. The summed E-state index contributed by atoms with van der Waals surface area (Å²) in [6, 6.07) is 4.70. The number of aryl methyl sites for hydroxylation is 2. The Hall–Kier alpha value is -2.74. The monoisotopic (exact) mass is 428 g/mol. The number of carbonyl (C=O) groups excluding carboxylic acids is 2. The zero-order valence-corrected chi connectivity index (χ0v) is 17.8. The topological polar surface area (TPSA) is 124 Å². The molecule has 166 valence electrons. The van der Waals surface area contributed by atoms with E-state index in [-0.39, 0.29) is 11.9 Å². The van der Waals surface area contributed by atoms with Gasteiger partial charge in [0.15, 0.2) is 0 Å². The van der Waals surface area contributed by atoms with Crippen LogP contribution >= 0.6 is 0 Å². The Kier molecular flexibility index (Phi) is 5.37. The number of nitrogens with one attached hydrogen (secondary N) is 1. The van der Waals surface area contributed by atoms with Gasteiger partial charge in [-0.25, -0.2) is 0 Å². The lowest BCUT2D eigenvalue weighted by molar-refractivity contribution is -0.156. The highest BCUT2D eigenvalue weighted by Gasteiger charge is 2.69. The molecule has 2 heterocycles. The number of aliphatic carboxylic acids is 2. The Morgan fingerprint density at radius 2 is 1.77 bits per heavy atom. The van der Waals surface area contributed by atoms with E-state index in [0.717, 1.165) is 36.0 Å². The van der Waals surface area contributed by atoms with Crippen molar-refractivity contribution < 1.29 is 29.4 Å². The SMILES string of the molecule is Cc1ccc(C)c(C2NC(CC(=O)O)(C(=O)O)C3C(=O)N(C4CCCCC4)C(=O)C23)c1. The predicted molar refractivity (Wildman–Crippen MR) is 110 cm³/mol. The van der Waals surface area contributed by atoms with Crippen molar-refractivity contribution in [2.24, 2.45) is 11.8 Å². The molecule has 1 aromatic rings. The summed E-state index contributed by atoms with van der Waals surface area (Å²) in [6.07, 6.45) is 3.51. The molecule has 4 rings (SSSR count). The number of likely N-dealkylation sites (tertiary alicyclic amines) is 1. The van der Waals surface area contributed by atoms with Gasteiger partial charge in [-0.1, -0.05) is 43.0 Å². The first-order valence-corrected chi connectivity index (χ1v) is 10.8. The number of imide groups is 1. The molecule has 2 amide bonds. The van der Waals surface area contributed by atoms with E-state index in [1.807, 2.05) is 32.0 Å². The normalized spacial score (nSPS) is 31.2. The second-order valence-corrected chi connectivity index (χ2v) is 9.17. The fourth-order valence-corrected chi connectivity index (χ4v) is 5.76. The Bertz CT molecular complexity index is 953. The summed E-state index contributed by atoms with van der Waals surface area (Å²) in [5.74, 6) is -5.86. The minimum absolute atomic E-state index is 0.241. The van der Waals surface area contributed by atoms with Crippen LogP contribution in [0.2, 0.25) is 0 Å². The Labute approximate surface area is 180 Å². The van der Waals surface area contributed by atoms with Crippen molar-refractivity contribution in [1.29, 1.82) is 0 Å². The van der Waals surface area contributed by atoms with E-state index in [0.29, 0.717) is 12.8 Å². The zero-order valence-electron chi connectivity index (χ0n) is 17.8. The van der Waals surface area contributed by atoms with Gasteiger partial charge in [0.05, 0.1) is 18.3 Å². The van der Waals surface area contributed by atoms with Gasteiger partial charge < -0.3 is 10.2 Å². The first kappa shape index (κ1) is 21.5. The molecular formula is C23H28N2O6. The first-order valence-electron chi connectivity index (χ1n) is 10.8. The number of fused-ring (bicyclic) bond motifs is 1. The predicted octanol–water partition coefficient (Wildman–Crippen LogP) is 2.18. The van der Waals surface area contributed by atoms with Crippen molar-refractivity contribution in [3.63, 3.8) is 0 Å². The number of amides is 2. The van der Waals surface area contributed by atoms with Gasteiger partial charge in [0, 0.05) is 12.1 Å². The third-order valence-corrected chi connectivity index (χ3v) is 7.21. The fraction of sp³-hybridized carbons (Fsp3) is 0.565. The van der Waals surface area contributed by atoms with Gasteiger partial charge in [0.25, 0.3) is 0 Å². The molecule has 0 bridgehead atoms. The van der Waals surface area contributed by atoms with Crippen molar-refractivity contribution in [1.82, 2.24) is 10.2 Å². The van der Waals surface area contributed by atoms with Crippen LogP contribution in [-0.2, 0) is 19.2 Å². The second-order valence-electron chi connectivity index (χ2n) is 9.17. The van der Waals surface area contributed by atoms with Crippen LogP contribution < -0.4 is 5.32 Å². The maximum absolute atomic E-state index is 13.6. The number of carboxylic acid groups (broad SMARTS) is 2. The van der Waals surface area contributed by atoms with Gasteiger partial charge >= 0.3 is 11.9 Å². The minimum atomic E-state index is -2.03. The molecular weight excluding hydrogens is 400 g/mol. The highest BCUT2D eigenvalue weighted by atomic mass is 16.4. The molecule has 1 saturated carbocycles. The lowest BCUT2D eigenvalue weighted by atomic mass is 9.77. The van der Waals surface area contributed by atoms with E-state index in [1.54, 1.807) is 0 Å². The lowest BCUT2D eigenvalue weighted by Gasteiger charge is -2.34. The number of hydrogen-bond donors (Lipinski definition) is 3. The van der Waals surface area contributed by atoms with Crippen LogP contribution in [0.25, 0.3) is 0 Å². The number of nitrogens with zero attached hydrogens (tertiary/aromatic N) is 1. The van der Waals surface area contributed by atoms with Crippen molar-refractivity contribution in [3.05, 3.63) is 34.9 Å². The van der Waals surface area contributed by atoms with Crippen LogP contribution in [-0.4, -0.2) is 50.4 Å². The van der Waals surface area contributed by atoms with Crippen LogP contribution in [0.15, 0.2) is 18.2 Å². The van der Waals surface area contributed by atoms with E-state index < -0.39 is 47.7 Å². The number of carbonyl (C=O) groups is 4. The highest BCUT2D eigenvalue weighted by Crippen LogP contribution is 2.51. The summed E-state index contributed by atoms with van der Waals surface area (Å²) >= 11 is 0. The summed E-state index contributed by atoms with van der Waals surface area (Å²) in [4.78, 5) is 52.5. The van der Waals surface area contributed by atoms with Gasteiger partial charge in [-0.2, -0.15) is 0 Å². The molecule has 8 heteroatoms. The van der Waals surface area contributed by atoms with Crippen molar-refractivity contribution >= 4 is 23.8 Å². The van der Waals surface area contributed by atoms with E-state index in [1.165, 1.54) is 4.90 Å². The summed E-state index contributed by atoms with van der Waals surface area (Å²) in [7, 11) is 0. The molecule has 0 radical (unpaired) electrons. The third-order valence-electron chi connectivity index (χ3n) is 7.21. The molecule has 2 aliphatic heterocycles. The molecule has 2 saturated heterocycles. The van der Waals surface area contributed by atoms with Crippen LogP contribution in [0.3, 0.4) is 0 Å². The third kappa shape index (κ3) is 3.33. The first-order chi connectivity index (χ1) is 14.7. The zero-order chi connectivity index (χ0) is 22.5. The molecule has 1 aliphatic carbocycles. The van der Waals surface area contributed by atoms with E-state index in [9.17, 15) is 29.4 Å². The van der Waals surface area contributed by atoms with Gasteiger partial charge in [-0.3, -0.25) is 29.4 Å². The number of carboxylic acids is 2. The largest absolute Gasteiger partial charge is 0.481 e. The average molecular weight is 428 g/mol. The van der Waals surface area contributed by atoms with Gasteiger partial charge in [-0.05, 0) is 37.8 Å². The van der Waals surface area contributed by atoms with Gasteiger partial charge in [0.2, 0.25) is 11.8 Å². The molecule has 1 aromatic carbocycles. The molecule has 8 nitrogen and oxygen atoms in total. The minimum Gasteiger partial charge on any atom is -0.481 e. The Morgan fingerprint density at radius 1 is 1.10 bits per heavy atom. The molecule has 4 unspecified atom stereocenters. The molecule has 0 spiro atoms. The summed E-state index contributed by atoms with van der Waals surface area (Å²) in [5.41, 5.74) is 0.490. The summed E-state index contributed by atoms with van der Waals surface area (Å²) < 4.78 is 0. The van der Waals surface area contributed by atoms with Crippen LogP contribution in [0.1, 0.15) is 61.3 Å². The maximum atomic E-state index is 13.6. The van der Waals surface area contributed by atoms with E-state index in [2.05, 4.69) is 5.32 Å². The average Bonchev–Trinajstić information content (AvgIpc) is 3.18. The quantitative estimate of drug-likeness (QED) is 0.614. The van der Waals surface area contributed by atoms with E-state index >= 15 is 0 Å². The van der Waals surface area contributed by atoms with Gasteiger partial charge in [0.1, 0.15) is 5.54 Å². The Morgan fingerprint density at radius 3 is 2.39 bits per heavy atom. The number of rotatable bonds is 5. The molecule has 0 aromatic heterocycles. The standard InChI is InChI=1S/C23H28N2O6/c1-12-8-9-13(2)15(10-12)19-17-18(23(24-19,22(30)31)11-16(26)27)21(29)25(20(17)28)14-6-4-3-5-7-14/h8-10,14,17-19,24H,3-7,11H2,1-2H3,(H,26,27)(H,30,31). The van der Waals surface area contributed by atoms with Crippen LogP contribution in [0.5, 0.6) is 0 Å². The van der Waals surface area contributed by atoms with Crippen molar-refractivity contribution in [2.75, 3.05) is 0 Å². The molecule has 4 atom stereocenters. The molecule has 3 fully saturated rings. The van der Waals surface area contributed by atoms with Crippen molar-refractivity contribution in [3.8, 4) is 0 Å². The highest BCUT2D eigenvalue weighted by molar-refractivity contribution is 6.10. The van der Waals surface area contributed by atoms with Crippen LogP contribution in [0, 0.1) is 25.7 Å². The smallest absolute Gasteiger partial charge is 0.325 e. The second kappa shape index (κ2) is 7.75. The number of benzene rings is 1. The molecule has 3 N–H and O–H groups in total. The van der Waals surface area contributed by atoms with E-state index in [4.69, 9.17) is 0 Å². The Balaban J connectivity index is 1.85. The maximum Gasteiger partial charge on any atom is 0.325 e.